The predicted octanol–water partition coefficient (Wildman–Crippen LogP) is 4.23. The van der Waals surface area contributed by atoms with Crippen LogP contribution >= 0.6 is 34.3 Å². The van der Waals surface area contributed by atoms with E-state index in [1.165, 1.54) is 19.8 Å². The maximum Gasteiger partial charge on any atom is 0.0978 e. The summed E-state index contributed by atoms with van der Waals surface area (Å²) in [5.41, 5.74) is 1.23. The second-order valence-electron chi connectivity index (χ2n) is 2.56. The Kier molecular flexibility index (Phi) is 1.71. The van der Waals surface area contributed by atoms with Gasteiger partial charge in [-0.15, -0.1) is 22.7 Å². The highest BCUT2D eigenvalue weighted by molar-refractivity contribution is 7.39. The van der Waals surface area contributed by atoms with E-state index < -0.39 is 0 Å². The van der Waals surface area contributed by atoms with E-state index >= 15 is 0 Å². The molecule has 0 N–H and O–H groups in total. The van der Waals surface area contributed by atoms with Crippen LogP contribution < -0.4 is 0 Å². The number of thiophene rings is 2. The monoisotopic (exact) mass is 202 g/mol. The number of rotatable bonds is 0. The maximum absolute atomic E-state index is 5.97. The van der Waals surface area contributed by atoms with Crippen molar-refractivity contribution in [2.24, 2.45) is 0 Å². The molecule has 0 unspecified atom stereocenters. The van der Waals surface area contributed by atoms with Crippen LogP contribution in [0.5, 0.6) is 0 Å². The lowest BCUT2D eigenvalue weighted by molar-refractivity contribution is 1.58. The third kappa shape index (κ3) is 1.10. The average molecular weight is 203 g/mol. The first-order valence-corrected chi connectivity index (χ1v) is 5.34. The van der Waals surface area contributed by atoms with E-state index in [0.29, 0.717) is 0 Å². The van der Waals surface area contributed by atoms with Gasteiger partial charge in [0.2, 0.25) is 0 Å². The lowest BCUT2D eigenvalue weighted by Gasteiger charge is -1.83. The quantitative estimate of drug-likeness (QED) is 0.600. The highest BCUT2D eigenvalue weighted by atomic mass is 35.5. The molecule has 0 aromatic carbocycles. The Morgan fingerprint density at radius 1 is 1.27 bits per heavy atom. The lowest BCUT2D eigenvalue weighted by atomic mass is 10.3. The van der Waals surface area contributed by atoms with Gasteiger partial charge in [-0.05, 0) is 25.5 Å². The Bertz CT molecular complexity index is 397. The van der Waals surface area contributed by atoms with Gasteiger partial charge in [0.15, 0.2) is 0 Å². The van der Waals surface area contributed by atoms with Gasteiger partial charge in [0.1, 0.15) is 0 Å². The van der Waals surface area contributed by atoms with Gasteiger partial charge in [-0.1, -0.05) is 11.6 Å². The van der Waals surface area contributed by atoms with Gasteiger partial charge >= 0.3 is 0 Å². The standard InChI is InChI=1S/C8H7ClS2/c1-4-3-6-5(2)7(9)11-8(6)10-4/h3H,1-2H3. The summed E-state index contributed by atoms with van der Waals surface area (Å²) in [5, 5.41) is 1.34. The van der Waals surface area contributed by atoms with Gasteiger partial charge in [0.25, 0.3) is 0 Å². The van der Waals surface area contributed by atoms with Crippen LogP contribution in [0.25, 0.3) is 9.40 Å². The number of hydrogen-bond donors (Lipinski definition) is 0. The molecule has 0 saturated heterocycles. The first-order valence-electron chi connectivity index (χ1n) is 3.33. The molecule has 2 aromatic heterocycles. The minimum Gasteiger partial charge on any atom is -0.130 e. The van der Waals surface area contributed by atoms with Gasteiger partial charge in [0.05, 0.1) is 8.35 Å². The highest BCUT2D eigenvalue weighted by Gasteiger charge is 2.07. The first-order chi connectivity index (χ1) is 5.18. The maximum atomic E-state index is 5.97. The van der Waals surface area contributed by atoms with Crippen molar-refractivity contribution in [3.05, 3.63) is 20.8 Å². The third-order valence-corrected chi connectivity index (χ3v) is 4.45. The molecular weight excluding hydrogens is 196 g/mol. The van der Waals surface area contributed by atoms with Crippen molar-refractivity contribution in [3.63, 3.8) is 0 Å². The molecule has 0 bridgehead atoms. The van der Waals surface area contributed by atoms with Crippen molar-refractivity contribution in [2.75, 3.05) is 0 Å². The van der Waals surface area contributed by atoms with Crippen LogP contribution in [0.15, 0.2) is 6.07 Å². The van der Waals surface area contributed by atoms with E-state index in [1.54, 1.807) is 11.3 Å². The molecule has 0 spiro atoms. The minimum absolute atomic E-state index is 0.936. The molecule has 3 heteroatoms. The summed E-state index contributed by atoms with van der Waals surface area (Å²) in [6.45, 7) is 4.21. The molecule has 0 aliphatic rings. The SMILES string of the molecule is Cc1cc2c(C)c(Cl)sc2s1. The normalized spacial score (nSPS) is 11.2. The van der Waals surface area contributed by atoms with Gasteiger partial charge in [0, 0.05) is 10.3 Å². The second-order valence-corrected chi connectivity index (χ2v) is 5.70. The fourth-order valence-electron chi connectivity index (χ4n) is 1.09. The van der Waals surface area contributed by atoms with E-state index in [1.807, 2.05) is 11.3 Å². The number of halogens is 1. The van der Waals surface area contributed by atoms with Crippen molar-refractivity contribution < 1.29 is 0 Å². The number of hydrogen-bond acceptors (Lipinski definition) is 2. The fourth-order valence-corrected chi connectivity index (χ4v) is 3.91. The van der Waals surface area contributed by atoms with Crippen LogP contribution in [0, 0.1) is 13.8 Å². The molecule has 58 valence electrons. The molecule has 0 aliphatic heterocycles. The van der Waals surface area contributed by atoms with Crippen molar-refractivity contribution in [1.29, 1.82) is 0 Å². The Morgan fingerprint density at radius 2 is 2.00 bits per heavy atom. The highest BCUT2D eigenvalue weighted by Crippen LogP contribution is 2.39. The molecule has 0 aliphatic carbocycles. The van der Waals surface area contributed by atoms with Gasteiger partial charge in [-0.2, -0.15) is 0 Å². The summed E-state index contributed by atoms with van der Waals surface area (Å²) in [5.74, 6) is 0. The summed E-state index contributed by atoms with van der Waals surface area (Å²) >= 11 is 9.48. The molecular formula is C8H7ClS2. The van der Waals surface area contributed by atoms with Gasteiger partial charge in [-0.3, -0.25) is 0 Å². The summed E-state index contributed by atoms with van der Waals surface area (Å²) in [6.07, 6.45) is 0. The van der Waals surface area contributed by atoms with Crippen molar-refractivity contribution in [2.45, 2.75) is 13.8 Å². The van der Waals surface area contributed by atoms with E-state index in [2.05, 4.69) is 19.9 Å². The molecule has 11 heavy (non-hydrogen) atoms. The van der Waals surface area contributed by atoms with Crippen LogP contribution in [0.3, 0.4) is 0 Å². The second kappa shape index (κ2) is 2.47. The van der Waals surface area contributed by atoms with Gasteiger partial charge < -0.3 is 0 Å². The third-order valence-electron chi connectivity index (χ3n) is 1.70. The van der Waals surface area contributed by atoms with Gasteiger partial charge in [-0.25, -0.2) is 0 Å². The van der Waals surface area contributed by atoms with Crippen LogP contribution in [-0.2, 0) is 0 Å². The zero-order chi connectivity index (χ0) is 8.01. The summed E-state index contributed by atoms with van der Waals surface area (Å²) < 4.78 is 2.29. The molecule has 0 atom stereocenters. The predicted molar refractivity (Wildman–Crippen MR) is 54.2 cm³/mol. The van der Waals surface area contributed by atoms with Crippen LogP contribution in [-0.4, -0.2) is 0 Å². The van der Waals surface area contributed by atoms with Crippen molar-refractivity contribution in [1.82, 2.24) is 0 Å². The van der Waals surface area contributed by atoms with Crippen LogP contribution in [0.1, 0.15) is 10.4 Å². The Hall–Kier alpha value is -0.0500. The summed E-state index contributed by atoms with van der Waals surface area (Å²) in [7, 11) is 0. The van der Waals surface area contributed by atoms with Crippen LogP contribution in [0.4, 0.5) is 0 Å². The first kappa shape index (κ1) is 7.59. The number of fused-ring (bicyclic) bond motifs is 1. The molecule has 2 rings (SSSR count). The van der Waals surface area contributed by atoms with Crippen molar-refractivity contribution in [3.8, 4) is 0 Å². The van der Waals surface area contributed by atoms with Crippen LogP contribution in [0.2, 0.25) is 4.34 Å². The molecule has 0 amide bonds. The lowest BCUT2D eigenvalue weighted by Crippen LogP contribution is -1.61. The number of aryl methyl sites for hydroxylation is 2. The van der Waals surface area contributed by atoms with E-state index in [0.717, 1.165) is 4.34 Å². The fraction of sp³-hybridized carbons (Fsp3) is 0.250. The molecule has 0 saturated carbocycles. The van der Waals surface area contributed by atoms with E-state index in [9.17, 15) is 0 Å². The van der Waals surface area contributed by atoms with E-state index in [-0.39, 0.29) is 0 Å². The molecule has 0 radical (unpaired) electrons. The topological polar surface area (TPSA) is 0 Å². The molecule has 0 nitrogen and oxygen atoms in total. The largest absolute Gasteiger partial charge is 0.130 e. The Morgan fingerprint density at radius 3 is 2.64 bits per heavy atom. The smallest absolute Gasteiger partial charge is 0.0978 e. The molecule has 2 heterocycles. The zero-order valence-corrected chi connectivity index (χ0v) is 8.66. The zero-order valence-electron chi connectivity index (χ0n) is 6.27. The Balaban J connectivity index is 2.88. The summed E-state index contributed by atoms with van der Waals surface area (Å²) in [6, 6.07) is 2.21. The Labute approximate surface area is 78.4 Å². The van der Waals surface area contributed by atoms with E-state index in [4.69, 9.17) is 11.6 Å². The minimum atomic E-state index is 0.936. The molecule has 0 fully saturated rings. The summed E-state index contributed by atoms with van der Waals surface area (Å²) in [4.78, 5) is 1.37. The molecule has 2 aromatic rings. The van der Waals surface area contributed by atoms with Crippen molar-refractivity contribution >= 4 is 43.7 Å². The average Bonchev–Trinajstić information content (AvgIpc) is 2.37.